The van der Waals surface area contributed by atoms with Gasteiger partial charge in [0.2, 0.25) is 0 Å². The molecule has 0 amide bonds. The van der Waals surface area contributed by atoms with Gasteiger partial charge in [0.25, 0.3) is 0 Å². The van der Waals surface area contributed by atoms with Gasteiger partial charge >= 0.3 is 0 Å². The number of anilines is 2. The lowest BCUT2D eigenvalue weighted by Gasteiger charge is -2.27. The van der Waals surface area contributed by atoms with Crippen LogP contribution in [0.25, 0.3) is 0 Å². The van der Waals surface area contributed by atoms with Crippen molar-refractivity contribution in [2.24, 2.45) is 12.5 Å². The quantitative estimate of drug-likeness (QED) is 0.889. The van der Waals surface area contributed by atoms with E-state index in [1.54, 1.807) is 0 Å². The zero-order valence-electron chi connectivity index (χ0n) is 12.9. The number of nitrogens with two attached hydrogens (primary N) is 1. The summed E-state index contributed by atoms with van der Waals surface area (Å²) in [6.45, 7) is 9.01. The van der Waals surface area contributed by atoms with Crippen molar-refractivity contribution < 1.29 is 0 Å². The van der Waals surface area contributed by atoms with Crippen LogP contribution in [0.5, 0.6) is 0 Å². The van der Waals surface area contributed by atoms with Crippen LogP contribution in [0.3, 0.4) is 0 Å². The van der Waals surface area contributed by atoms with Crippen molar-refractivity contribution in [1.82, 2.24) is 9.78 Å². The van der Waals surface area contributed by atoms with Crippen LogP contribution >= 0.6 is 0 Å². The Morgan fingerprint density at radius 3 is 2.47 bits per heavy atom. The van der Waals surface area contributed by atoms with E-state index in [1.165, 1.54) is 19.3 Å². The fourth-order valence-electron chi connectivity index (χ4n) is 3.33. The molecule has 2 N–H and O–H groups in total. The van der Waals surface area contributed by atoms with E-state index in [0.29, 0.717) is 5.41 Å². The van der Waals surface area contributed by atoms with Gasteiger partial charge in [0.1, 0.15) is 5.82 Å². The molecule has 0 aromatic carbocycles. The molecule has 1 aliphatic rings. The third kappa shape index (κ3) is 2.45. The highest BCUT2D eigenvalue weighted by Crippen LogP contribution is 2.40. The lowest BCUT2D eigenvalue weighted by atomic mass is 9.82. The number of rotatable bonds is 5. The molecular formula is C15H28N4. The standard InChI is InChI=1S/C15H28N4/c1-5-8-12-13(16)14(18(4)17-12)19-10-9-15(6-2,7-3)11-19/h5-11,16H2,1-4H3. The second-order valence-electron chi connectivity index (χ2n) is 5.94. The molecule has 19 heavy (non-hydrogen) atoms. The minimum absolute atomic E-state index is 0.474. The van der Waals surface area contributed by atoms with Crippen LogP contribution < -0.4 is 10.6 Å². The summed E-state index contributed by atoms with van der Waals surface area (Å²) in [5.74, 6) is 1.13. The zero-order valence-corrected chi connectivity index (χ0v) is 12.9. The third-order valence-corrected chi connectivity index (χ3v) is 4.85. The summed E-state index contributed by atoms with van der Waals surface area (Å²) in [6.07, 6.45) is 5.83. The molecule has 1 aliphatic heterocycles. The first-order valence-electron chi connectivity index (χ1n) is 7.63. The molecule has 4 nitrogen and oxygen atoms in total. The Morgan fingerprint density at radius 1 is 1.26 bits per heavy atom. The molecule has 1 aromatic heterocycles. The Kier molecular flexibility index (Phi) is 4.07. The highest BCUT2D eigenvalue weighted by Gasteiger charge is 2.36. The van der Waals surface area contributed by atoms with Gasteiger partial charge in [0, 0.05) is 20.1 Å². The Hall–Kier alpha value is -1.19. The van der Waals surface area contributed by atoms with Crippen LogP contribution in [0.1, 0.15) is 52.1 Å². The van der Waals surface area contributed by atoms with E-state index in [1.807, 2.05) is 11.7 Å². The lowest BCUT2D eigenvalue weighted by Crippen LogP contribution is -2.28. The molecule has 1 saturated heterocycles. The topological polar surface area (TPSA) is 47.1 Å². The normalized spacial score (nSPS) is 18.2. The summed E-state index contributed by atoms with van der Waals surface area (Å²) in [4.78, 5) is 2.44. The van der Waals surface area contributed by atoms with Crippen LogP contribution in [0.4, 0.5) is 11.5 Å². The van der Waals surface area contributed by atoms with Gasteiger partial charge in [-0.1, -0.05) is 27.2 Å². The van der Waals surface area contributed by atoms with Crippen LogP contribution in [0.15, 0.2) is 0 Å². The van der Waals surface area contributed by atoms with Crippen molar-refractivity contribution in [3.05, 3.63) is 5.69 Å². The van der Waals surface area contributed by atoms with Gasteiger partial charge < -0.3 is 10.6 Å². The maximum Gasteiger partial charge on any atom is 0.150 e. The minimum atomic E-state index is 0.474. The van der Waals surface area contributed by atoms with E-state index in [2.05, 4.69) is 30.8 Å². The molecule has 0 atom stereocenters. The fourth-order valence-corrected chi connectivity index (χ4v) is 3.33. The molecule has 2 rings (SSSR count). The SMILES string of the molecule is CCCc1nn(C)c(N2CCC(CC)(CC)C2)c1N. The van der Waals surface area contributed by atoms with E-state index < -0.39 is 0 Å². The Morgan fingerprint density at radius 2 is 1.95 bits per heavy atom. The van der Waals surface area contributed by atoms with Crippen molar-refractivity contribution in [1.29, 1.82) is 0 Å². The number of nitrogens with zero attached hydrogens (tertiary/aromatic N) is 3. The first-order valence-corrected chi connectivity index (χ1v) is 7.63. The summed E-state index contributed by atoms with van der Waals surface area (Å²) >= 11 is 0. The number of aryl methyl sites for hydroxylation is 2. The molecule has 0 radical (unpaired) electrons. The van der Waals surface area contributed by atoms with Crippen LogP contribution in [-0.2, 0) is 13.5 Å². The van der Waals surface area contributed by atoms with Gasteiger partial charge in [-0.15, -0.1) is 0 Å². The number of hydrogen-bond acceptors (Lipinski definition) is 3. The van der Waals surface area contributed by atoms with Crippen LogP contribution in [-0.4, -0.2) is 22.9 Å². The smallest absolute Gasteiger partial charge is 0.150 e. The second-order valence-corrected chi connectivity index (χ2v) is 5.94. The van der Waals surface area contributed by atoms with Crippen molar-refractivity contribution in [2.45, 2.75) is 52.9 Å². The van der Waals surface area contributed by atoms with Crippen molar-refractivity contribution >= 4 is 11.5 Å². The molecule has 2 heterocycles. The molecule has 1 aromatic rings. The summed E-state index contributed by atoms with van der Waals surface area (Å²) in [5.41, 5.74) is 8.75. The summed E-state index contributed by atoms with van der Waals surface area (Å²) in [5, 5.41) is 4.59. The summed E-state index contributed by atoms with van der Waals surface area (Å²) < 4.78 is 1.97. The fraction of sp³-hybridized carbons (Fsp3) is 0.800. The van der Waals surface area contributed by atoms with Crippen LogP contribution in [0, 0.1) is 5.41 Å². The maximum absolute atomic E-state index is 6.32. The molecule has 0 unspecified atom stereocenters. The average Bonchev–Trinajstić information content (AvgIpc) is 2.93. The molecule has 0 aliphatic carbocycles. The molecule has 4 heteroatoms. The molecular weight excluding hydrogens is 236 g/mol. The largest absolute Gasteiger partial charge is 0.394 e. The molecule has 1 fully saturated rings. The predicted octanol–water partition coefficient (Wildman–Crippen LogP) is 2.97. The first-order chi connectivity index (χ1) is 9.06. The third-order valence-electron chi connectivity index (χ3n) is 4.85. The van der Waals surface area contributed by atoms with Gasteiger partial charge in [0.05, 0.1) is 11.4 Å². The van der Waals surface area contributed by atoms with Gasteiger partial charge in [-0.25, -0.2) is 0 Å². The number of hydrogen-bond donors (Lipinski definition) is 1. The average molecular weight is 264 g/mol. The van der Waals surface area contributed by atoms with Gasteiger partial charge in [-0.05, 0) is 31.1 Å². The van der Waals surface area contributed by atoms with Gasteiger partial charge in [0.15, 0.2) is 0 Å². The zero-order chi connectivity index (χ0) is 14.0. The van der Waals surface area contributed by atoms with E-state index in [9.17, 15) is 0 Å². The predicted molar refractivity (Wildman–Crippen MR) is 81.5 cm³/mol. The molecule has 0 bridgehead atoms. The van der Waals surface area contributed by atoms with Crippen molar-refractivity contribution in [3.8, 4) is 0 Å². The summed E-state index contributed by atoms with van der Waals surface area (Å²) in [7, 11) is 2.02. The van der Waals surface area contributed by atoms with Gasteiger partial charge in [-0.3, -0.25) is 4.68 Å². The van der Waals surface area contributed by atoms with E-state index in [4.69, 9.17) is 5.73 Å². The summed E-state index contributed by atoms with van der Waals surface area (Å²) in [6, 6.07) is 0. The number of nitrogen functional groups attached to an aromatic ring is 1. The highest BCUT2D eigenvalue weighted by molar-refractivity contribution is 5.67. The molecule has 0 spiro atoms. The van der Waals surface area contributed by atoms with E-state index >= 15 is 0 Å². The van der Waals surface area contributed by atoms with E-state index in [0.717, 1.165) is 43.1 Å². The highest BCUT2D eigenvalue weighted by atomic mass is 15.4. The van der Waals surface area contributed by atoms with Crippen LogP contribution in [0.2, 0.25) is 0 Å². The minimum Gasteiger partial charge on any atom is -0.394 e. The lowest BCUT2D eigenvalue weighted by molar-refractivity contribution is 0.301. The maximum atomic E-state index is 6.32. The van der Waals surface area contributed by atoms with Crippen molar-refractivity contribution in [3.63, 3.8) is 0 Å². The van der Waals surface area contributed by atoms with E-state index in [-0.39, 0.29) is 0 Å². The second kappa shape index (κ2) is 5.43. The first kappa shape index (κ1) is 14.2. The Bertz CT molecular complexity index is 432. The van der Waals surface area contributed by atoms with Gasteiger partial charge in [-0.2, -0.15) is 5.10 Å². The number of aromatic nitrogens is 2. The Labute approximate surface area is 117 Å². The van der Waals surface area contributed by atoms with Crippen molar-refractivity contribution in [2.75, 3.05) is 23.7 Å². The molecule has 0 saturated carbocycles. The Balaban J connectivity index is 2.24. The molecule has 108 valence electrons. The monoisotopic (exact) mass is 264 g/mol.